The molecule has 25 heavy (non-hydrogen) atoms. The van der Waals surface area contributed by atoms with Gasteiger partial charge in [-0.25, -0.2) is 4.79 Å². The Kier molecular flexibility index (Phi) is 10.1. The third-order valence-electron chi connectivity index (χ3n) is 3.82. The van der Waals surface area contributed by atoms with Crippen molar-refractivity contribution in [1.82, 2.24) is 5.32 Å². The third kappa shape index (κ3) is 10.2. The van der Waals surface area contributed by atoms with E-state index in [0.717, 1.165) is 44.1 Å². The molecule has 0 saturated heterocycles. The van der Waals surface area contributed by atoms with E-state index >= 15 is 0 Å². The molecule has 0 aromatic heterocycles. The van der Waals surface area contributed by atoms with E-state index in [-0.39, 0.29) is 11.9 Å². The molecule has 1 aromatic rings. The Hall–Kier alpha value is -2.30. The SMILES string of the molecule is C=C(C)C(=O)OCCCCCCCCNC(=O)Cc1ccc(N)cc1. The molecular weight excluding hydrogens is 316 g/mol. The Balaban J connectivity index is 1.93. The van der Waals surface area contributed by atoms with Crippen LogP contribution in [0.4, 0.5) is 5.69 Å². The first-order valence-corrected chi connectivity index (χ1v) is 8.93. The number of rotatable bonds is 12. The van der Waals surface area contributed by atoms with E-state index in [1.165, 1.54) is 0 Å². The molecule has 0 spiro atoms. The Labute approximate surface area is 150 Å². The summed E-state index contributed by atoms with van der Waals surface area (Å²) in [4.78, 5) is 23.0. The first-order valence-electron chi connectivity index (χ1n) is 8.93. The van der Waals surface area contributed by atoms with Crippen molar-refractivity contribution >= 4 is 17.6 Å². The predicted octanol–water partition coefficient (Wildman–Crippen LogP) is 3.39. The molecule has 0 radical (unpaired) electrons. The van der Waals surface area contributed by atoms with E-state index in [2.05, 4.69) is 11.9 Å². The van der Waals surface area contributed by atoms with Crippen LogP contribution in [0.2, 0.25) is 0 Å². The van der Waals surface area contributed by atoms with Crippen molar-refractivity contribution in [3.05, 3.63) is 42.0 Å². The smallest absolute Gasteiger partial charge is 0.333 e. The summed E-state index contributed by atoms with van der Waals surface area (Å²) >= 11 is 0. The van der Waals surface area contributed by atoms with E-state index in [4.69, 9.17) is 10.5 Å². The highest BCUT2D eigenvalue weighted by Crippen LogP contribution is 2.07. The van der Waals surface area contributed by atoms with Gasteiger partial charge in [-0.3, -0.25) is 4.79 Å². The molecular formula is C20H30N2O3. The number of esters is 1. The van der Waals surface area contributed by atoms with Gasteiger partial charge in [0.1, 0.15) is 0 Å². The van der Waals surface area contributed by atoms with Crippen molar-refractivity contribution < 1.29 is 14.3 Å². The fourth-order valence-electron chi connectivity index (χ4n) is 2.33. The molecule has 0 aliphatic heterocycles. The number of carbonyl (C=O) groups excluding carboxylic acids is 2. The van der Waals surface area contributed by atoms with Gasteiger partial charge in [-0.05, 0) is 37.5 Å². The van der Waals surface area contributed by atoms with Crippen LogP contribution in [0.3, 0.4) is 0 Å². The van der Waals surface area contributed by atoms with Gasteiger partial charge >= 0.3 is 5.97 Å². The predicted molar refractivity (Wildman–Crippen MR) is 101 cm³/mol. The van der Waals surface area contributed by atoms with Gasteiger partial charge < -0.3 is 15.8 Å². The summed E-state index contributed by atoms with van der Waals surface area (Å²) in [6.07, 6.45) is 6.64. The lowest BCUT2D eigenvalue weighted by molar-refractivity contribution is -0.139. The minimum atomic E-state index is -0.310. The number of hydrogen-bond donors (Lipinski definition) is 2. The van der Waals surface area contributed by atoms with Gasteiger partial charge in [0.2, 0.25) is 5.91 Å². The first kappa shape index (κ1) is 20.7. The average Bonchev–Trinajstić information content (AvgIpc) is 2.58. The number of amides is 1. The molecule has 1 rings (SSSR count). The Morgan fingerprint density at radius 3 is 2.28 bits per heavy atom. The summed E-state index contributed by atoms with van der Waals surface area (Å²) in [6.45, 7) is 6.37. The number of carbonyl (C=O) groups is 2. The third-order valence-corrected chi connectivity index (χ3v) is 3.82. The van der Waals surface area contributed by atoms with Crippen molar-refractivity contribution in [1.29, 1.82) is 0 Å². The quantitative estimate of drug-likeness (QED) is 0.263. The van der Waals surface area contributed by atoms with Crippen molar-refractivity contribution in [3.8, 4) is 0 Å². The molecule has 138 valence electrons. The second-order valence-electron chi connectivity index (χ2n) is 6.31. The van der Waals surface area contributed by atoms with E-state index < -0.39 is 0 Å². The number of nitrogens with two attached hydrogens (primary N) is 1. The van der Waals surface area contributed by atoms with Crippen molar-refractivity contribution in [2.45, 2.75) is 51.9 Å². The Morgan fingerprint density at radius 2 is 1.64 bits per heavy atom. The second-order valence-corrected chi connectivity index (χ2v) is 6.31. The van der Waals surface area contributed by atoms with Crippen LogP contribution in [-0.4, -0.2) is 25.0 Å². The molecule has 0 unspecified atom stereocenters. The largest absolute Gasteiger partial charge is 0.462 e. The van der Waals surface area contributed by atoms with Crippen LogP contribution in [0.5, 0.6) is 0 Å². The summed E-state index contributed by atoms with van der Waals surface area (Å²) in [6, 6.07) is 7.37. The lowest BCUT2D eigenvalue weighted by Crippen LogP contribution is -2.26. The highest BCUT2D eigenvalue weighted by atomic mass is 16.5. The zero-order valence-corrected chi connectivity index (χ0v) is 15.2. The molecule has 1 amide bonds. The normalized spacial score (nSPS) is 10.3. The maximum atomic E-state index is 11.8. The molecule has 0 aliphatic carbocycles. The number of ether oxygens (including phenoxy) is 1. The van der Waals surface area contributed by atoms with E-state index in [9.17, 15) is 9.59 Å². The van der Waals surface area contributed by atoms with Gasteiger partial charge in [0.05, 0.1) is 13.0 Å². The maximum absolute atomic E-state index is 11.8. The maximum Gasteiger partial charge on any atom is 0.333 e. The summed E-state index contributed by atoms with van der Waals surface area (Å²) in [7, 11) is 0. The Morgan fingerprint density at radius 1 is 1.04 bits per heavy atom. The molecule has 1 aromatic carbocycles. The van der Waals surface area contributed by atoms with E-state index in [0.29, 0.717) is 30.8 Å². The van der Waals surface area contributed by atoms with Crippen LogP contribution >= 0.6 is 0 Å². The summed E-state index contributed by atoms with van der Waals surface area (Å²) in [5, 5.41) is 2.94. The van der Waals surface area contributed by atoms with Gasteiger partial charge in [0.15, 0.2) is 0 Å². The van der Waals surface area contributed by atoms with E-state index in [1.807, 2.05) is 24.3 Å². The van der Waals surface area contributed by atoms with Gasteiger partial charge in [0, 0.05) is 17.8 Å². The molecule has 3 N–H and O–H groups in total. The minimum Gasteiger partial charge on any atom is -0.462 e. The van der Waals surface area contributed by atoms with Crippen LogP contribution in [0.25, 0.3) is 0 Å². The van der Waals surface area contributed by atoms with Crippen LogP contribution in [-0.2, 0) is 20.7 Å². The molecule has 5 heteroatoms. The lowest BCUT2D eigenvalue weighted by Gasteiger charge is -2.06. The van der Waals surface area contributed by atoms with Crippen LogP contribution in [0, 0.1) is 0 Å². The van der Waals surface area contributed by atoms with Crippen LogP contribution in [0.1, 0.15) is 51.0 Å². The summed E-state index contributed by atoms with van der Waals surface area (Å²) in [5.41, 5.74) is 7.74. The number of benzene rings is 1. The Bertz CT molecular complexity index is 553. The lowest BCUT2D eigenvalue weighted by atomic mass is 10.1. The molecule has 0 fully saturated rings. The average molecular weight is 346 g/mol. The molecule has 0 bridgehead atoms. The van der Waals surface area contributed by atoms with Crippen molar-refractivity contribution in [2.75, 3.05) is 18.9 Å². The number of unbranched alkanes of at least 4 members (excludes halogenated alkanes) is 5. The molecule has 0 saturated carbocycles. The summed E-state index contributed by atoms with van der Waals surface area (Å²) < 4.78 is 5.04. The summed E-state index contributed by atoms with van der Waals surface area (Å²) in [5.74, 6) is -0.265. The molecule has 0 aliphatic rings. The number of anilines is 1. The standard InChI is InChI=1S/C20H30N2O3/c1-16(2)20(24)25-14-8-6-4-3-5-7-13-22-19(23)15-17-9-11-18(21)12-10-17/h9-12H,1,3-8,13-15,21H2,2H3,(H,22,23). The number of nitrogens with one attached hydrogen (secondary N) is 1. The van der Waals surface area contributed by atoms with E-state index in [1.54, 1.807) is 6.92 Å². The number of hydrogen-bond acceptors (Lipinski definition) is 4. The zero-order chi connectivity index (χ0) is 18.5. The topological polar surface area (TPSA) is 81.4 Å². The van der Waals surface area contributed by atoms with Crippen molar-refractivity contribution in [2.24, 2.45) is 0 Å². The van der Waals surface area contributed by atoms with Crippen molar-refractivity contribution in [3.63, 3.8) is 0 Å². The monoisotopic (exact) mass is 346 g/mol. The van der Waals surface area contributed by atoms with Crippen LogP contribution in [0.15, 0.2) is 36.4 Å². The highest BCUT2D eigenvalue weighted by Gasteiger charge is 2.03. The molecule has 5 nitrogen and oxygen atoms in total. The molecule has 0 heterocycles. The fraction of sp³-hybridized carbons (Fsp3) is 0.500. The molecule has 0 atom stereocenters. The fourth-order valence-corrected chi connectivity index (χ4v) is 2.33. The second kappa shape index (κ2) is 12.1. The number of nitrogen functional groups attached to an aromatic ring is 1. The first-order chi connectivity index (χ1) is 12.0. The van der Waals surface area contributed by atoms with Gasteiger partial charge in [0.25, 0.3) is 0 Å². The highest BCUT2D eigenvalue weighted by molar-refractivity contribution is 5.86. The van der Waals surface area contributed by atoms with Crippen LogP contribution < -0.4 is 11.1 Å². The zero-order valence-electron chi connectivity index (χ0n) is 15.2. The minimum absolute atomic E-state index is 0.0455. The van der Waals surface area contributed by atoms with Gasteiger partial charge in [-0.2, -0.15) is 0 Å². The van der Waals surface area contributed by atoms with Gasteiger partial charge in [-0.1, -0.05) is 44.4 Å². The van der Waals surface area contributed by atoms with Gasteiger partial charge in [-0.15, -0.1) is 0 Å².